The normalized spacial score (nSPS) is 22.1. The molecule has 1 heterocycles. The van der Waals surface area contributed by atoms with Crippen LogP contribution in [0.3, 0.4) is 0 Å². The predicted octanol–water partition coefficient (Wildman–Crippen LogP) is 2.61. The van der Waals surface area contributed by atoms with Crippen molar-refractivity contribution < 1.29 is 19.0 Å². The molecular weight excluding hydrogens is 267 g/mol. The summed E-state index contributed by atoms with van der Waals surface area (Å²) in [6.07, 6.45) is -1.02. The van der Waals surface area contributed by atoms with Crippen LogP contribution in [0.5, 0.6) is 5.75 Å². The molecule has 1 aliphatic rings. The molecule has 1 aromatic rings. The molecule has 2 rings (SSSR count). The van der Waals surface area contributed by atoms with Crippen LogP contribution in [0.2, 0.25) is 10.0 Å². The minimum absolute atomic E-state index is 0.383. The van der Waals surface area contributed by atoms with Gasteiger partial charge < -0.3 is 14.2 Å². The van der Waals surface area contributed by atoms with Crippen molar-refractivity contribution in [2.24, 2.45) is 0 Å². The van der Waals surface area contributed by atoms with Gasteiger partial charge in [-0.25, -0.2) is 4.79 Å². The molecule has 0 aliphatic carbocycles. The van der Waals surface area contributed by atoms with Crippen LogP contribution in [-0.2, 0) is 14.3 Å². The van der Waals surface area contributed by atoms with Gasteiger partial charge in [0.05, 0.1) is 19.2 Å². The molecule has 1 aliphatic heterocycles. The summed E-state index contributed by atoms with van der Waals surface area (Å²) in [5, 5.41) is 0.846. The Morgan fingerprint density at radius 2 is 2.06 bits per heavy atom. The molecule has 6 heteroatoms. The topological polar surface area (TPSA) is 48.1 Å². The molecule has 0 N–H and O–H groups in total. The van der Waals surface area contributed by atoms with Crippen molar-refractivity contribution in [2.75, 3.05) is 14.2 Å². The summed E-state index contributed by atoms with van der Waals surface area (Å²) in [5.74, 6) is 0.0422. The maximum absolute atomic E-state index is 11.3. The van der Waals surface area contributed by atoms with Crippen molar-refractivity contribution in [3.05, 3.63) is 27.7 Å². The number of hydrogen-bond acceptors (Lipinski definition) is 4. The lowest BCUT2D eigenvalue weighted by atomic mass is 10.1. The van der Waals surface area contributed by atoms with Crippen LogP contribution in [0.4, 0.5) is 0 Å². The van der Waals surface area contributed by atoms with E-state index in [-0.39, 0.29) is 0 Å². The van der Waals surface area contributed by atoms with E-state index in [0.717, 1.165) is 0 Å². The van der Waals surface area contributed by atoms with Gasteiger partial charge in [-0.05, 0) is 12.1 Å². The summed E-state index contributed by atoms with van der Waals surface area (Å²) in [6.45, 7) is 0. The zero-order valence-corrected chi connectivity index (χ0v) is 10.7. The lowest BCUT2D eigenvalue weighted by Gasteiger charge is -2.08. The molecule has 17 heavy (non-hydrogen) atoms. The first-order valence-corrected chi connectivity index (χ1v) is 5.60. The van der Waals surface area contributed by atoms with E-state index in [9.17, 15) is 4.79 Å². The van der Waals surface area contributed by atoms with Gasteiger partial charge in [-0.2, -0.15) is 0 Å². The van der Waals surface area contributed by atoms with Gasteiger partial charge in [-0.1, -0.05) is 23.2 Å². The van der Waals surface area contributed by atoms with Gasteiger partial charge in [0.15, 0.2) is 6.10 Å². The monoisotopic (exact) mass is 276 g/mol. The maximum atomic E-state index is 11.3. The molecular formula is C11H10Cl2O4. The van der Waals surface area contributed by atoms with E-state index in [0.29, 0.717) is 21.4 Å². The molecule has 1 fully saturated rings. The van der Waals surface area contributed by atoms with Gasteiger partial charge in [0.25, 0.3) is 0 Å². The Morgan fingerprint density at radius 1 is 1.35 bits per heavy atom. The highest BCUT2D eigenvalue weighted by molar-refractivity contribution is 6.35. The minimum atomic E-state index is -0.608. The van der Waals surface area contributed by atoms with Gasteiger partial charge in [0, 0.05) is 10.6 Å². The van der Waals surface area contributed by atoms with Crippen LogP contribution >= 0.6 is 23.2 Å². The number of hydrogen-bond donors (Lipinski definition) is 0. The van der Waals surface area contributed by atoms with Gasteiger partial charge in [-0.15, -0.1) is 0 Å². The van der Waals surface area contributed by atoms with Crippen molar-refractivity contribution in [3.8, 4) is 5.75 Å². The van der Waals surface area contributed by atoms with Crippen LogP contribution in [0.15, 0.2) is 12.1 Å². The first kappa shape index (κ1) is 12.5. The molecule has 0 saturated carbocycles. The number of halogens is 2. The molecule has 2 atom stereocenters. The third-order valence-corrected chi connectivity index (χ3v) is 2.97. The number of esters is 1. The quantitative estimate of drug-likeness (QED) is 0.629. The average molecular weight is 277 g/mol. The largest absolute Gasteiger partial charge is 0.495 e. The van der Waals surface area contributed by atoms with Crippen LogP contribution in [-0.4, -0.2) is 26.3 Å². The number of epoxide rings is 1. The average Bonchev–Trinajstić information content (AvgIpc) is 3.07. The van der Waals surface area contributed by atoms with Crippen molar-refractivity contribution in [2.45, 2.75) is 12.2 Å². The summed E-state index contributed by atoms with van der Waals surface area (Å²) in [7, 11) is 2.80. The minimum Gasteiger partial charge on any atom is -0.495 e. The number of methoxy groups -OCH3 is 2. The zero-order chi connectivity index (χ0) is 12.6. The highest BCUT2D eigenvalue weighted by Gasteiger charge is 2.49. The summed E-state index contributed by atoms with van der Waals surface area (Å²) in [5.41, 5.74) is 0.653. The lowest BCUT2D eigenvalue weighted by Crippen LogP contribution is -2.09. The molecule has 0 bridgehead atoms. The third-order valence-electron chi connectivity index (χ3n) is 2.47. The van der Waals surface area contributed by atoms with Crippen molar-refractivity contribution in [1.29, 1.82) is 0 Å². The highest BCUT2D eigenvalue weighted by atomic mass is 35.5. The second-order valence-corrected chi connectivity index (χ2v) is 4.35. The Morgan fingerprint density at radius 3 is 2.65 bits per heavy atom. The van der Waals surface area contributed by atoms with Gasteiger partial charge in [0.1, 0.15) is 11.9 Å². The third kappa shape index (κ3) is 2.34. The Labute approximate surface area is 108 Å². The number of rotatable bonds is 3. The standard InChI is InChI=1S/C11H10Cl2O4/c1-15-8-6(3-5(12)4-7(8)13)9-10(17-9)11(14)16-2/h3-4,9-10H,1-2H3/t9-,10-/m0/s1. The van der Waals surface area contributed by atoms with Crippen LogP contribution in [0.1, 0.15) is 11.7 Å². The van der Waals surface area contributed by atoms with Crippen molar-refractivity contribution in [1.82, 2.24) is 0 Å². The van der Waals surface area contributed by atoms with Crippen LogP contribution < -0.4 is 4.74 Å². The molecule has 4 nitrogen and oxygen atoms in total. The Hall–Kier alpha value is -0.970. The van der Waals surface area contributed by atoms with E-state index in [2.05, 4.69) is 4.74 Å². The second kappa shape index (κ2) is 4.72. The number of benzene rings is 1. The lowest BCUT2D eigenvalue weighted by molar-refractivity contribution is -0.142. The first-order chi connectivity index (χ1) is 8.08. The molecule has 0 radical (unpaired) electrons. The molecule has 0 unspecified atom stereocenters. The SMILES string of the molecule is COC(=O)[C@H]1O[C@H]1c1cc(Cl)cc(Cl)c1OC. The Bertz CT molecular complexity index is 461. The fourth-order valence-electron chi connectivity index (χ4n) is 1.65. The molecule has 1 aromatic carbocycles. The zero-order valence-electron chi connectivity index (χ0n) is 9.20. The molecule has 1 saturated heterocycles. The predicted molar refractivity (Wildman–Crippen MR) is 62.6 cm³/mol. The Kier molecular flexibility index (Phi) is 3.47. The van der Waals surface area contributed by atoms with Gasteiger partial charge in [0.2, 0.25) is 0 Å². The van der Waals surface area contributed by atoms with Crippen molar-refractivity contribution >= 4 is 29.2 Å². The number of carbonyl (C=O) groups excluding carboxylic acids is 1. The molecule has 0 aromatic heterocycles. The van der Waals surface area contributed by atoms with E-state index in [1.807, 2.05) is 0 Å². The molecule has 92 valence electrons. The molecule has 0 spiro atoms. The van der Waals surface area contributed by atoms with Crippen LogP contribution in [0.25, 0.3) is 0 Å². The summed E-state index contributed by atoms with van der Waals surface area (Å²) in [6, 6.07) is 3.24. The molecule has 0 amide bonds. The fourth-order valence-corrected chi connectivity index (χ4v) is 2.24. The summed E-state index contributed by atoms with van der Waals surface area (Å²) < 4.78 is 15.0. The van der Waals surface area contributed by atoms with Crippen LogP contribution in [0, 0.1) is 0 Å². The highest BCUT2D eigenvalue weighted by Crippen LogP contribution is 2.46. The summed E-state index contributed by atoms with van der Waals surface area (Å²) in [4.78, 5) is 11.3. The van der Waals surface area contributed by atoms with E-state index in [1.165, 1.54) is 14.2 Å². The maximum Gasteiger partial charge on any atom is 0.338 e. The number of carbonyl (C=O) groups is 1. The van der Waals surface area contributed by atoms with E-state index in [4.69, 9.17) is 32.7 Å². The van der Waals surface area contributed by atoms with Crippen molar-refractivity contribution in [3.63, 3.8) is 0 Å². The van der Waals surface area contributed by atoms with Gasteiger partial charge >= 0.3 is 5.97 Å². The Balaban J connectivity index is 2.31. The van der Waals surface area contributed by atoms with Gasteiger partial charge in [-0.3, -0.25) is 0 Å². The fraction of sp³-hybridized carbons (Fsp3) is 0.364. The smallest absolute Gasteiger partial charge is 0.338 e. The van der Waals surface area contributed by atoms with E-state index in [1.54, 1.807) is 12.1 Å². The number of ether oxygens (including phenoxy) is 3. The second-order valence-electron chi connectivity index (χ2n) is 3.51. The first-order valence-electron chi connectivity index (χ1n) is 4.84. The van der Waals surface area contributed by atoms with E-state index < -0.39 is 18.2 Å². The summed E-state index contributed by atoms with van der Waals surface area (Å²) >= 11 is 11.9. The van der Waals surface area contributed by atoms with E-state index >= 15 is 0 Å².